The second-order valence-corrected chi connectivity index (χ2v) is 8.81. The molecule has 1 fully saturated rings. The Bertz CT molecular complexity index is 984. The van der Waals surface area contributed by atoms with E-state index in [4.69, 9.17) is 9.47 Å². The number of carbonyl (C=O) groups is 1. The number of cyclic esters (lactones) is 1. The minimum atomic E-state index is -3.60. The lowest BCUT2D eigenvalue weighted by Crippen LogP contribution is -2.50. The van der Waals surface area contributed by atoms with Gasteiger partial charge in [-0.15, -0.1) is 0 Å². The third-order valence-corrected chi connectivity index (χ3v) is 7.16. The number of anilines is 1. The van der Waals surface area contributed by atoms with Gasteiger partial charge in [-0.2, -0.15) is 4.31 Å². The first-order chi connectivity index (χ1) is 13.5. The van der Waals surface area contributed by atoms with Crippen molar-refractivity contribution in [2.75, 3.05) is 25.1 Å². The summed E-state index contributed by atoms with van der Waals surface area (Å²) in [4.78, 5) is 14.3. The number of fused-ring (bicyclic) bond motifs is 1. The molecule has 0 aliphatic carbocycles. The summed E-state index contributed by atoms with van der Waals surface area (Å²) in [5.41, 5.74) is 1.82. The number of nitrogens with zero attached hydrogens (tertiary/aromatic N) is 2. The fourth-order valence-electron chi connectivity index (χ4n) is 3.77. The molecule has 0 radical (unpaired) electrons. The molecule has 2 aromatic carbocycles. The van der Waals surface area contributed by atoms with E-state index in [9.17, 15) is 13.2 Å². The van der Waals surface area contributed by atoms with Crippen molar-refractivity contribution in [2.24, 2.45) is 0 Å². The van der Waals surface area contributed by atoms with Crippen LogP contribution in [0.3, 0.4) is 0 Å². The Morgan fingerprint density at radius 3 is 2.57 bits per heavy atom. The zero-order chi connectivity index (χ0) is 19.7. The Morgan fingerprint density at radius 2 is 1.82 bits per heavy atom. The molecule has 0 bridgehead atoms. The van der Waals surface area contributed by atoms with E-state index in [1.165, 1.54) is 17.5 Å². The second-order valence-electron chi connectivity index (χ2n) is 6.87. The van der Waals surface area contributed by atoms with Crippen molar-refractivity contribution >= 4 is 21.8 Å². The Morgan fingerprint density at radius 1 is 1.07 bits per heavy atom. The van der Waals surface area contributed by atoms with Crippen LogP contribution >= 0.6 is 0 Å². The number of sulfonamides is 1. The molecule has 0 saturated carbocycles. The third-order valence-electron chi connectivity index (χ3n) is 5.27. The van der Waals surface area contributed by atoms with Crippen LogP contribution in [0.1, 0.15) is 18.4 Å². The van der Waals surface area contributed by atoms with Gasteiger partial charge in [-0.3, -0.25) is 4.90 Å². The predicted molar refractivity (Wildman–Crippen MR) is 104 cm³/mol. The summed E-state index contributed by atoms with van der Waals surface area (Å²) < 4.78 is 37.8. The summed E-state index contributed by atoms with van der Waals surface area (Å²) in [7, 11) is -2.10. The highest BCUT2D eigenvalue weighted by molar-refractivity contribution is 7.89. The van der Waals surface area contributed by atoms with Crippen molar-refractivity contribution in [3.8, 4) is 5.75 Å². The van der Waals surface area contributed by atoms with E-state index in [0.717, 1.165) is 11.3 Å². The van der Waals surface area contributed by atoms with E-state index in [-0.39, 0.29) is 23.6 Å². The average molecular weight is 402 g/mol. The number of ether oxygens (including phenoxy) is 2. The molecule has 0 unspecified atom stereocenters. The lowest BCUT2D eigenvalue weighted by molar-refractivity contribution is 0.136. The van der Waals surface area contributed by atoms with Crippen LogP contribution in [0.15, 0.2) is 53.4 Å². The number of carbonyl (C=O) groups excluding carboxylic acids is 1. The van der Waals surface area contributed by atoms with Crippen molar-refractivity contribution in [1.29, 1.82) is 0 Å². The minimum Gasteiger partial charge on any atom is -0.497 e. The summed E-state index contributed by atoms with van der Waals surface area (Å²) in [6, 6.07) is 14.1. The SMILES string of the molecule is COc1cccc(S(=O)(=O)N2CCC(N3C(=O)OCc4ccccc43)CC2)c1. The van der Waals surface area contributed by atoms with Gasteiger partial charge in [-0.25, -0.2) is 13.2 Å². The molecule has 2 heterocycles. The van der Waals surface area contributed by atoms with Gasteiger partial charge in [0.2, 0.25) is 10.0 Å². The summed E-state index contributed by atoms with van der Waals surface area (Å²) in [6.45, 7) is 0.959. The molecule has 4 rings (SSSR count). The van der Waals surface area contributed by atoms with Crippen molar-refractivity contribution < 1.29 is 22.7 Å². The highest BCUT2D eigenvalue weighted by Crippen LogP contribution is 2.33. The Hall–Kier alpha value is -2.58. The molecular weight excluding hydrogens is 380 g/mol. The van der Waals surface area contributed by atoms with Gasteiger partial charge in [0.1, 0.15) is 12.4 Å². The van der Waals surface area contributed by atoms with Crippen LogP contribution in [-0.2, 0) is 21.4 Å². The van der Waals surface area contributed by atoms with E-state index in [1.807, 2.05) is 24.3 Å². The molecule has 0 N–H and O–H groups in total. The first-order valence-electron chi connectivity index (χ1n) is 9.19. The maximum absolute atomic E-state index is 13.0. The highest BCUT2D eigenvalue weighted by Gasteiger charge is 2.37. The topological polar surface area (TPSA) is 76.2 Å². The number of hydrogen-bond acceptors (Lipinski definition) is 5. The highest BCUT2D eigenvalue weighted by atomic mass is 32.2. The van der Waals surface area contributed by atoms with Crippen LogP contribution in [0.2, 0.25) is 0 Å². The zero-order valence-electron chi connectivity index (χ0n) is 15.6. The molecule has 1 saturated heterocycles. The predicted octanol–water partition coefficient (Wildman–Crippen LogP) is 3.01. The molecule has 2 aliphatic rings. The zero-order valence-corrected chi connectivity index (χ0v) is 16.4. The van der Waals surface area contributed by atoms with Crippen molar-refractivity contribution in [2.45, 2.75) is 30.4 Å². The molecule has 0 atom stereocenters. The summed E-state index contributed by atoms with van der Waals surface area (Å²) in [6.07, 6.45) is 0.729. The van der Waals surface area contributed by atoms with Crippen LogP contribution in [0.25, 0.3) is 0 Å². The standard InChI is InChI=1S/C20H22N2O5S/c1-26-17-6-4-7-18(13-17)28(24,25)21-11-9-16(10-12-21)22-19-8-3-2-5-15(19)14-27-20(22)23/h2-8,13,16H,9-12,14H2,1H3. The van der Waals surface area contributed by atoms with Gasteiger partial charge >= 0.3 is 6.09 Å². The summed E-state index contributed by atoms with van der Waals surface area (Å²) in [5, 5.41) is 0. The van der Waals surface area contributed by atoms with Crippen molar-refractivity contribution in [3.05, 3.63) is 54.1 Å². The second kappa shape index (κ2) is 7.44. The quantitative estimate of drug-likeness (QED) is 0.786. The van der Waals surface area contributed by atoms with Crippen molar-refractivity contribution in [1.82, 2.24) is 4.31 Å². The first kappa shape index (κ1) is 18.8. The Balaban J connectivity index is 1.51. The number of methoxy groups -OCH3 is 1. The van der Waals surface area contributed by atoms with Crippen LogP contribution < -0.4 is 9.64 Å². The maximum Gasteiger partial charge on any atom is 0.414 e. The van der Waals surface area contributed by atoms with E-state index in [0.29, 0.717) is 31.7 Å². The molecule has 2 aliphatic heterocycles. The molecule has 8 heteroatoms. The number of benzene rings is 2. The van der Waals surface area contributed by atoms with Gasteiger partial charge in [0.25, 0.3) is 0 Å². The van der Waals surface area contributed by atoms with Gasteiger partial charge in [-0.05, 0) is 31.0 Å². The van der Waals surface area contributed by atoms with Crippen LogP contribution in [0.5, 0.6) is 5.75 Å². The Kier molecular flexibility index (Phi) is 4.99. The third kappa shape index (κ3) is 3.33. The molecule has 148 valence electrons. The minimum absolute atomic E-state index is 0.0919. The number of amides is 1. The normalized spacial score (nSPS) is 18.5. The molecule has 28 heavy (non-hydrogen) atoms. The maximum atomic E-state index is 13.0. The molecule has 2 aromatic rings. The monoisotopic (exact) mass is 402 g/mol. The molecule has 1 amide bonds. The fourth-order valence-corrected chi connectivity index (χ4v) is 5.28. The van der Waals surface area contributed by atoms with Gasteiger partial charge in [-0.1, -0.05) is 24.3 Å². The van der Waals surface area contributed by atoms with Crippen LogP contribution in [0.4, 0.5) is 10.5 Å². The molecule has 7 nitrogen and oxygen atoms in total. The average Bonchev–Trinajstić information content (AvgIpc) is 2.74. The molecular formula is C20H22N2O5S. The smallest absolute Gasteiger partial charge is 0.414 e. The number of para-hydroxylation sites is 1. The number of rotatable bonds is 4. The van der Waals surface area contributed by atoms with E-state index < -0.39 is 10.0 Å². The number of hydrogen-bond donors (Lipinski definition) is 0. The molecule has 0 aromatic heterocycles. The Labute approximate surface area is 164 Å². The van der Waals surface area contributed by atoms with E-state index >= 15 is 0 Å². The van der Waals surface area contributed by atoms with E-state index in [2.05, 4.69) is 0 Å². The van der Waals surface area contributed by atoms with Gasteiger partial charge in [0, 0.05) is 30.8 Å². The lowest BCUT2D eigenvalue weighted by Gasteiger charge is -2.39. The largest absolute Gasteiger partial charge is 0.497 e. The summed E-state index contributed by atoms with van der Waals surface area (Å²) >= 11 is 0. The van der Waals surface area contributed by atoms with Gasteiger partial charge in [0.15, 0.2) is 0 Å². The van der Waals surface area contributed by atoms with Crippen LogP contribution in [0, 0.1) is 0 Å². The first-order valence-corrected chi connectivity index (χ1v) is 10.6. The lowest BCUT2D eigenvalue weighted by atomic mass is 10.0. The van der Waals surface area contributed by atoms with E-state index in [1.54, 1.807) is 23.1 Å². The summed E-state index contributed by atoms with van der Waals surface area (Å²) in [5.74, 6) is 0.503. The van der Waals surface area contributed by atoms with Gasteiger partial charge in [0.05, 0.1) is 17.7 Å². The number of piperidine rings is 1. The fraction of sp³-hybridized carbons (Fsp3) is 0.350. The van der Waals surface area contributed by atoms with Gasteiger partial charge < -0.3 is 9.47 Å². The molecule has 0 spiro atoms. The van der Waals surface area contributed by atoms with Crippen LogP contribution in [-0.4, -0.2) is 45.1 Å². The van der Waals surface area contributed by atoms with Crippen molar-refractivity contribution in [3.63, 3.8) is 0 Å².